The van der Waals surface area contributed by atoms with E-state index in [-0.39, 0.29) is 17.3 Å². The van der Waals surface area contributed by atoms with Crippen molar-refractivity contribution in [1.82, 2.24) is 9.62 Å². The van der Waals surface area contributed by atoms with E-state index in [2.05, 4.69) is 10.8 Å². The highest BCUT2D eigenvalue weighted by atomic mass is 32.2. The van der Waals surface area contributed by atoms with Gasteiger partial charge in [-0.25, -0.2) is 13.1 Å². The number of carbonyl (C=O) groups excluding carboxylic acids is 1. The van der Waals surface area contributed by atoms with Crippen LogP contribution in [0, 0.1) is 6.92 Å². The van der Waals surface area contributed by atoms with Gasteiger partial charge in [-0.05, 0) is 59.2 Å². The van der Waals surface area contributed by atoms with Crippen LogP contribution < -0.4 is 4.72 Å². The van der Waals surface area contributed by atoms with Gasteiger partial charge in [0.2, 0.25) is 10.0 Å². The van der Waals surface area contributed by atoms with E-state index < -0.39 is 10.0 Å². The van der Waals surface area contributed by atoms with E-state index in [1.165, 1.54) is 18.4 Å². The first-order chi connectivity index (χ1) is 15.3. The molecule has 0 atom stereocenters. The Bertz CT molecular complexity index is 1360. The van der Waals surface area contributed by atoms with Gasteiger partial charge in [0.1, 0.15) is 5.76 Å². The van der Waals surface area contributed by atoms with Gasteiger partial charge in [-0.15, -0.1) is 0 Å². The Balaban J connectivity index is 1.53. The molecule has 0 saturated heterocycles. The number of fused-ring (bicyclic) bond motifs is 1. The van der Waals surface area contributed by atoms with Crippen molar-refractivity contribution in [2.45, 2.75) is 24.9 Å². The molecule has 3 aromatic carbocycles. The maximum atomic E-state index is 13.2. The van der Waals surface area contributed by atoms with Crippen LogP contribution in [0.2, 0.25) is 0 Å². The van der Waals surface area contributed by atoms with Crippen molar-refractivity contribution >= 4 is 26.7 Å². The van der Waals surface area contributed by atoms with Gasteiger partial charge in [-0.3, -0.25) is 4.79 Å². The molecule has 0 radical (unpaired) electrons. The second-order valence-corrected chi connectivity index (χ2v) is 9.49. The molecule has 1 amide bonds. The molecule has 0 unspecified atom stereocenters. The molecule has 0 fully saturated rings. The van der Waals surface area contributed by atoms with E-state index in [9.17, 15) is 13.2 Å². The Kier molecular flexibility index (Phi) is 6.12. The summed E-state index contributed by atoms with van der Waals surface area (Å²) in [6.07, 6.45) is 1.48. The number of amides is 1. The lowest BCUT2D eigenvalue weighted by molar-refractivity contribution is 0.0784. The van der Waals surface area contributed by atoms with Gasteiger partial charge in [0.05, 0.1) is 17.7 Å². The number of nitrogens with zero attached hydrogens (tertiary/aromatic N) is 1. The van der Waals surface area contributed by atoms with Crippen LogP contribution in [-0.2, 0) is 23.1 Å². The van der Waals surface area contributed by atoms with Gasteiger partial charge in [-0.1, -0.05) is 42.5 Å². The van der Waals surface area contributed by atoms with Crippen molar-refractivity contribution in [2.24, 2.45) is 0 Å². The molecule has 0 saturated carbocycles. The molecule has 1 heterocycles. The molecule has 32 heavy (non-hydrogen) atoms. The molecule has 1 N–H and O–H groups in total. The zero-order valence-corrected chi connectivity index (χ0v) is 18.7. The van der Waals surface area contributed by atoms with Crippen LogP contribution >= 0.6 is 0 Å². The van der Waals surface area contributed by atoms with Crippen molar-refractivity contribution < 1.29 is 17.6 Å². The highest BCUT2D eigenvalue weighted by Gasteiger charge is 2.20. The third kappa shape index (κ3) is 4.74. The Morgan fingerprint density at radius 3 is 2.50 bits per heavy atom. The molecule has 0 aliphatic heterocycles. The minimum atomic E-state index is -3.80. The number of hydrogen-bond donors (Lipinski definition) is 1. The van der Waals surface area contributed by atoms with E-state index in [1.807, 2.05) is 36.4 Å². The number of sulfonamides is 1. The standard InChI is InChI=1S/C25H24N2O4S/c1-18-9-12-23(32(29,30)26-16-22-8-5-13-31-22)15-24(18)25(28)27(2)17-19-10-11-20-6-3-4-7-21(20)14-19/h3-15,26H,16-17H2,1-2H3. The number of hydrogen-bond acceptors (Lipinski definition) is 4. The minimum absolute atomic E-state index is 0.0361. The summed E-state index contributed by atoms with van der Waals surface area (Å²) < 4.78 is 33.1. The lowest BCUT2D eigenvalue weighted by atomic mass is 10.1. The molecule has 6 nitrogen and oxygen atoms in total. The fraction of sp³-hybridized carbons (Fsp3) is 0.160. The van der Waals surface area contributed by atoms with E-state index in [4.69, 9.17) is 4.42 Å². The lowest BCUT2D eigenvalue weighted by Crippen LogP contribution is -2.28. The van der Waals surface area contributed by atoms with Crippen LogP contribution in [0.15, 0.2) is 88.4 Å². The number of nitrogens with one attached hydrogen (secondary N) is 1. The minimum Gasteiger partial charge on any atom is -0.468 e. The summed E-state index contributed by atoms with van der Waals surface area (Å²) in [6.45, 7) is 2.24. The van der Waals surface area contributed by atoms with Crippen molar-refractivity contribution in [2.75, 3.05) is 7.05 Å². The van der Waals surface area contributed by atoms with E-state index in [1.54, 1.807) is 37.1 Å². The summed E-state index contributed by atoms with van der Waals surface area (Å²) in [5.41, 5.74) is 2.07. The maximum absolute atomic E-state index is 13.2. The first-order valence-corrected chi connectivity index (χ1v) is 11.7. The molecule has 0 aliphatic carbocycles. The van der Waals surface area contributed by atoms with E-state index in [0.717, 1.165) is 16.3 Å². The van der Waals surface area contributed by atoms with Gasteiger partial charge < -0.3 is 9.32 Å². The van der Waals surface area contributed by atoms with Crippen molar-refractivity contribution in [3.8, 4) is 0 Å². The maximum Gasteiger partial charge on any atom is 0.254 e. The summed E-state index contributed by atoms with van der Waals surface area (Å²) >= 11 is 0. The van der Waals surface area contributed by atoms with Crippen molar-refractivity contribution in [3.63, 3.8) is 0 Å². The summed E-state index contributed by atoms with van der Waals surface area (Å²) in [4.78, 5) is 14.8. The third-order valence-corrected chi connectivity index (χ3v) is 6.75. The Labute approximate surface area is 187 Å². The molecule has 0 aliphatic rings. The molecule has 7 heteroatoms. The summed E-state index contributed by atoms with van der Waals surface area (Å²) in [7, 11) is -2.08. The molecule has 1 aromatic heterocycles. The molecule has 164 valence electrons. The molecule has 4 rings (SSSR count). The van der Waals surface area contributed by atoms with Gasteiger partial charge in [0, 0.05) is 19.2 Å². The van der Waals surface area contributed by atoms with Crippen LogP contribution in [0.5, 0.6) is 0 Å². The first-order valence-electron chi connectivity index (χ1n) is 10.2. The van der Waals surface area contributed by atoms with Gasteiger partial charge in [0.25, 0.3) is 5.91 Å². The average molecular weight is 449 g/mol. The predicted octanol–water partition coefficient (Wildman–Crippen LogP) is 4.49. The quantitative estimate of drug-likeness (QED) is 0.452. The molecular formula is C25H24N2O4S. The first kappa shape index (κ1) is 21.8. The third-order valence-electron chi connectivity index (χ3n) is 5.35. The SMILES string of the molecule is Cc1ccc(S(=O)(=O)NCc2ccco2)cc1C(=O)N(C)Cc1ccc2ccccc2c1. The van der Waals surface area contributed by atoms with Crippen LogP contribution in [-0.4, -0.2) is 26.3 Å². The Hall–Kier alpha value is -3.42. The normalized spacial score (nSPS) is 11.6. The monoisotopic (exact) mass is 448 g/mol. The summed E-state index contributed by atoms with van der Waals surface area (Å²) in [5, 5.41) is 2.25. The fourth-order valence-corrected chi connectivity index (χ4v) is 4.57. The van der Waals surface area contributed by atoms with Gasteiger partial charge in [0.15, 0.2) is 0 Å². The Morgan fingerprint density at radius 2 is 1.75 bits per heavy atom. The second-order valence-electron chi connectivity index (χ2n) is 7.72. The molecule has 0 bridgehead atoms. The number of carbonyl (C=O) groups is 1. The Morgan fingerprint density at radius 1 is 0.969 bits per heavy atom. The van der Waals surface area contributed by atoms with Crippen molar-refractivity contribution in [1.29, 1.82) is 0 Å². The lowest BCUT2D eigenvalue weighted by Gasteiger charge is -2.19. The predicted molar refractivity (Wildman–Crippen MR) is 124 cm³/mol. The molecular weight excluding hydrogens is 424 g/mol. The number of furan rings is 1. The highest BCUT2D eigenvalue weighted by Crippen LogP contribution is 2.20. The summed E-state index contributed by atoms with van der Waals surface area (Å²) in [6, 6.07) is 22.1. The second kappa shape index (κ2) is 8.98. The largest absolute Gasteiger partial charge is 0.468 e. The number of rotatable bonds is 7. The highest BCUT2D eigenvalue weighted by molar-refractivity contribution is 7.89. The van der Waals surface area contributed by atoms with Gasteiger partial charge in [-0.2, -0.15) is 0 Å². The van der Waals surface area contributed by atoms with Crippen LogP contribution in [0.4, 0.5) is 0 Å². The van der Waals surface area contributed by atoms with Gasteiger partial charge >= 0.3 is 0 Å². The van der Waals surface area contributed by atoms with E-state index >= 15 is 0 Å². The van der Waals surface area contributed by atoms with Crippen LogP contribution in [0.3, 0.4) is 0 Å². The van der Waals surface area contributed by atoms with Crippen LogP contribution in [0.1, 0.15) is 27.2 Å². The zero-order valence-electron chi connectivity index (χ0n) is 17.9. The number of aryl methyl sites for hydroxylation is 1. The smallest absolute Gasteiger partial charge is 0.254 e. The van der Waals surface area contributed by atoms with Crippen LogP contribution in [0.25, 0.3) is 10.8 Å². The van der Waals surface area contributed by atoms with Crippen molar-refractivity contribution in [3.05, 3.63) is 102 Å². The zero-order chi connectivity index (χ0) is 22.7. The van der Waals surface area contributed by atoms with E-state index in [0.29, 0.717) is 23.4 Å². The topological polar surface area (TPSA) is 79.6 Å². The summed E-state index contributed by atoms with van der Waals surface area (Å²) in [5.74, 6) is 0.269. The number of benzene rings is 3. The fourth-order valence-electron chi connectivity index (χ4n) is 3.55. The molecule has 0 spiro atoms. The average Bonchev–Trinajstić information content (AvgIpc) is 3.31. The molecule has 4 aromatic rings.